The summed E-state index contributed by atoms with van der Waals surface area (Å²) in [6.07, 6.45) is 2.94. The Morgan fingerprint density at radius 3 is 2.47 bits per heavy atom. The molecule has 0 saturated carbocycles. The molecule has 32 heavy (non-hydrogen) atoms. The predicted molar refractivity (Wildman–Crippen MR) is 132 cm³/mol. The van der Waals surface area contributed by atoms with E-state index < -0.39 is 15.3 Å². The number of aromatic nitrogens is 2. The van der Waals surface area contributed by atoms with E-state index in [0.717, 1.165) is 23.9 Å². The largest absolute Gasteiger partial charge is 0.471 e. The highest BCUT2D eigenvalue weighted by atomic mass is 79.9. The van der Waals surface area contributed by atoms with Crippen LogP contribution >= 0.6 is 27.3 Å². The predicted octanol–water partition coefficient (Wildman–Crippen LogP) is 6.37. The van der Waals surface area contributed by atoms with Crippen molar-refractivity contribution in [1.29, 1.82) is 0 Å². The van der Waals surface area contributed by atoms with Crippen molar-refractivity contribution in [3.05, 3.63) is 106 Å². The molecule has 0 amide bonds. The summed E-state index contributed by atoms with van der Waals surface area (Å²) < 4.78 is 34.9. The minimum atomic E-state index is -3.90. The first-order chi connectivity index (χ1) is 15.4. The van der Waals surface area contributed by atoms with E-state index in [4.69, 9.17) is 4.74 Å². The molecule has 0 aliphatic rings. The number of hydrogen-bond acceptors (Lipinski definition) is 5. The maximum absolute atomic E-state index is 13.5. The number of hydrogen-bond donors (Lipinski definition) is 0. The van der Waals surface area contributed by atoms with E-state index >= 15 is 0 Å². The molecule has 0 spiro atoms. The fourth-order valence-corrected chi connectivity index (χ4v) is 6.04. The molecule has 8 heteroatoms. The van der Waals surface area contributed by atoms with Crippen LogP contribution in [0.15, 0.2) is 89.4 Å². The van der Waals surface area contributed by atoms with Crippen molar-refractivity contribution in [1.82, 2.24) is 9.19 Å². The minimum Gasteiger partial charge on any atom is -0.471 e. The molecule has 0 radical (unpaired) electrons. The van der Waals surface area contributed by atoms with Crippen LogP contribution in [-0.2, 0) is 16.6 Å². The molecule has 0 aliphatic heterocycles. The van der Waals surface area contributed by atoms with Crippen LogP contribution in [0.4, 0.5) is 0 Å². The maximum Gasteiger partial charge on any atom is 0.264 e. The van der Waals surface area contributed by atoms with Crippen LogP contribution in [0, 0.1) is 6.92 Å². The first-order valence-corrected chi connectivity index (χ1v) is 13.0. The lowest BCUT2D eigenvalue weighted by Gasteiger charge is -2.14. The molecule has 2 aromatic carbocycles. The van der Waals surface area contributed by atoms with E-state index in [1.54, 1.807) is 12.1 Å². The highest BCUT2D eigenvalue weighted by Gasteiger charge is 2.29. The van der Waals surface area contributed by atoms with Gasteiger partial charge in [0.2, 0.25) is 5.88 Å². The summed E-state index contributed by atoms with van der Waals surface area (Å²) in [6, 6.07) is 20.8. The third-order valence-electron chi connectivity index (χ3n) is 4.92. The minimum absolute atomic E-state index is 0.262. The Kier molecular flexibility index (Phi) is 6.64. The number of nitrogens with zero attached hydrogens (tertiary/aromatic N) is 2. The summed E-state index contributed by atoms with van der Waals surface area (Å²) in [6.45, 7) is 6.00. The molecule has 0 fully saturated rings. The summed E-state index contributed by atoms with van der Waals surface area (Å²) in [4.78, 5) is 0.854. The Balaban J connectivity index is 1.73. The van der Waals surface area contributed by atoms with Crippen LogP contribution in [0.2, 0.25) is 0 Å². The molecule has 2 heterocycles. The number of ether oxygens (including phenoxy) is 1. The molecule has 0 aliphatic carbocycles. The van der Waals surface area contributed by atoms with Gasteiger partial charge in [0, 0.05) is 4.88 Å². The van der Waals surface area contributed by atoms with Crippen LogP contribution in [0.1, 0.15) is 21.9 Å². The molecule has 4 rings (SSSR count). The fraction of sp³-hybridized carbons (Fsp3) is 0.125. The van der Waals surface area contributed by atoms with E-state index in [9.17, 15) is 8.42 Å². The Morgan fingerprint density at radius 2 is 1.84 bits per heavy atom. The van der Waals surface area contributed by atoms with Crippen molar-refractivity contribution in [2.45, 2.75) is 18.8 Å². The molecule has 0 bridgehead atoms. The lowest BCUT2D eigenvalue weighted by atomic mass is 10.1. The first-order valence-electron chi connectivity index (χ1n) is 9.84. The monoisotopic (exact) mass is 528 g/mol. The van der Waals surface area contributed by atoms with Gasteiger partial charge < -0.3 is 4.74 Å². The van der Waals surface area contributed by atoms with Gasteiger partial charge in [0.15, 0.2) is 0 Å². The average molecular weight is 529 g/mol. The van der Waals surface area contributed by atoms with Gasteiger partial charge in [0.1, 0.15) is 11.9 Å². The van der Waals surface area contributed by atoms with Crippen molar-refractivity contribution in [3.63, 3.8) is 0 Å². The van der Waals surface area contributed by atoms with E-state index in [0.29, 0.717) is 11.1 Å². The normalized spacial score (nSPS) is 12.4. The van der Waals surface area contributed by atoms with Crippen molar-refractivity contribution in [3.8, 4) is 16.3 Å². The third-order valence-corrected chi connectivity index (χ3v) is 8.39. The van der Waals surface area contributed by atoms with Crippen molar-refractivity contribution in [2.75, 3.05) is 0 Å². The van der Waals surface area contributed by atoms with Crippen molar-refractivity contribution in [2.24, 2.45) is 0 Å². The molecule has 4 aromatic rings. The standard InChI is InChI=1S/C24H21BrN2O3S2/c1-3-22(19-11-9-17(2)10-12-19)32(28,29)27-15-20(21-13-14-23(25)31-21)24(26-27)30-16-18-7-5-4-6-8-18/h3-15,22H,1,16H2,2H3. The van der Waals surface area contributed by atoms with Gasteiger partial charge in [-0.25, -0.2) is 8.42 Å². The van der Waals surface area contributed by atoms with E-state index in [1.165, 1.54) is 23.6 Å². The molecular formula is C24H21BrN2O3S2. The zero-order valence-corrected chi connectivity index (χ0v) is 20.5. The molecule has 1 unspecified atom stereocenters. The molecule has 0 saturated heterocycles. The van der Waals surface area contributed by atoms with Crippen LogP contribution < -0.4 is 4.74 Å². The maximum atomic E-state index is 13.5. The van der Waals surface area contributed by atoms with Gasteiger partial charge >= 0.3 is 0 Å². The van der Waals surface area contributed by atoms with Gasteiger partial charge in [-0.2, -0.15) is 4.09 Å². The van der Waals surface area contributed by atoms with Crippen LogP contribution in [0.3, 0.4) is 0 Å². The van der Waals surface area contributed by atoms with Crippen LogP contribution in [-0.4, -0.2) is 17.6 Å². The quantitative estimate of drug-likeness (QED) is 0.249. The zero-order valence-electron chi connectivity index (χ0n) is 17.3. The second kappa shape index (κ2) is 9.44. The van der Waals surface area contributed by atoms with Gasteiger partial charge in [-0.05, 0) is 46.1 Å². The number of benzene rings is 2. The SMILES string of the molecule is C=CC(c1ccc(C)cc1)S(=O)(=O)n1cc(-c2ccc(Br)s2)c(OCc2ccccc2)n1. The first kappa shape index (κ1) is 22.5. The second-order valence-electron chi connectivity index (χ2n) is 7.21. The van der Waals surface area contributed by atoms with Gasteiger partial charge in [-0.3, -0.25) is 0 Å². The van der Waals surface area contributed by atoms with Gasteiger partial charge in [-0.1, -0.05) is 66.2 Å². The molecule has 2 aromatic heterocycles. The molecule has 164 valence electrons. The molecule has 5 nitrogen and oxygen atoms in total. The second-order valence-corrected chi connectivity index (χ2v) is 11.6. The van der Waals surface area contributed by atoms with Gasteiger partial charge in [0.05, 0.1) is 15.5 Å². The van der Waals surface area contributed by atoms with E-state index in [1.807, 2.05) is 61.5 Å². The van der Waals surface area contributed by atoms with Crippen molar-refractivity contribution >= 4 is 37.3 Å². The molecular weight excluding hydrogens is 508 g/mol. The summed E-state index contributed by atoms with van der Waals surface area (Å²) in [5, 5.41) is 3.41. The third kappa shape index (κ3) is 4.72. The average Bonchev–Trinajstić information content (AvgIpc) is 3.41. The highest BCUT2D eigenvalue weighted by Crippen LogP contribution is 2.38. The topological polar surface area (TPSA) is 61.2 Å². The summed E-state index contributed by atoms with van der Waals surface area (Å²) in [7, 11) is -3.90. The Hall–Kier alpha value is -2.68. The van der Waals surface area contributed by atoms with Crippen LogP contribution in [0.5, 0.6) is 5.88 Å². The number of halogens is 1. The van der Waals surface area contributed by atoms with Gasteiger partial charge in [0.25, 0.3) is 10.0 Å². The Labute approximate surface area is 200 Å². The van der Waals surface area contributed by atoms with Crippen molar-refractivity contribution < 1.29 is 13.2 Å². The molecule has 1 atom stereocenters. The lowest BCUT2D eigenvalue weighted by Crippen LogP contribution is -2.20. The van der Waals surface area contributed by atoms with Crippen LogP contribution in [0.25, 0.3) is 10.4 Å². The zero-order chi connectivity index (χ0) is 22.7. The summed E-state index contributed by atoms with van der Waals surface area (Å²) >= 11 is 4.95. The smallest absolute Gasteiger partial charge is 0.264 e. The molecule has 0 N–H and O–H groups in total. The number of rotatable bonds is 8. The lowest BCUT2D eigenvalue weighted by molar-refractivity contribution is 0.293. The summed E-state index contributed by atoms with van der Waals surface area (Å²) in [5.74, 6) is 0.262. The summed E-state index contributed by atoms with van der Waals surface area (Å²) in [5.41, 5.74) is 3.27. The number of thiophene rings is 1. The van der Waals surface area contributed by atoms with E-state index in [2.05, 4.69) is 27.6 Å². The Bertz CT molecular complexity index is 1330. The fourth-order valence-electron chi connectivity index (χ4n) is 3.23. The van der Waals surface area contributed by atoms with Gasteiger partial charge in [-0.15, -0.1) is 23.0 Å². The number of aryl methyl sites for hydroxylation is 1. The Morgan fingerprint density at radius 1 is 1.12 bits per heavy atom. The highest BCUT2D eigenvalue weighted by molar-refractivity contribution is 9.11. The van der Waals surface area contributed by atoms with E-state index in [-0.39, 0.29) is 12.5 Å².